The number of H-pyrrole nitrogens is 1. The first-order chi connectivity index (χ1) is 10.1. The number of halogens is 1. The lowest BCUT2D eigenvalue weighted by atomic mass is 9.92. The Hall–Kier alpha value is -1.37. The molecule has 0 fully saturated rings. The molecule has 3 rings (SSSR count). The van der Waals surface area contributed by atoms with Gasteiger partial charge in [-0.05, 0) is 41.0 Å². The molecule has 1 aliphatic heterocycles. The summed E-state index contributed by atoms with van der Waals surface area (Å²) < 4.78 is 6.37. The van der Waals surface area contributed by atoms with Crippen LogP contribution in [0, 0.1) is 3.57 Å². The highest BCUT2D eigenvalue weighted by Crippen LogP contribution is 2.36. The van der Waals surface area contributed by atoms with E-state index < -0.39 is 0 Å². The van der Waals surface area contributed by atoms with Crippen LogP contribution in [0.2, 0.25) is 0 Å². The molecule has 1 aromatic carbocycles. The summed E-state index contributed by atoms with van der Waals surface area (Å²) in [6, 6.07) is 7.97. The van der Waals surface area contributed by atoms with E-state index in [1.165, 1.54) is 0 Å². The van der Waals surface area contributed by atoms with Crippen LogP contribution in [0.3, 0.4) is 0 Å². The molecule has 4 nitrogen and oxygen atoms in total. The predicted molar refractivity (Wildman–Crippen MR) is 90.1 cm³/mol. The van der Waals surface area contributed by atoms with Crippen LogP contribution in [0.4, 0.5) is 0 Å². The molecule has 1 atom stereocenters. The summed E-state index contributed by atoms with van der Waals surface area (Å²) in [5, 5.41) is 0. The van der Waals surface area contributed by atoms with Gasteiger partial charge in [0.15, 0.2) is 0 Å². The summed E-state index contributed by atoms with van der Waals surface area (Å²) in [5.41, 5.74) is 1.93. The van der Waals surface area contributed by atoms with Gasteiger partial charge < -0.3 is 9.72 Å². The minimum atomic E-state index is -0.0479. The van der Waals surface area contributed by atoms with Gasteiger partial charge in [0, 0.05) is 11.5 Å². The molecule has 0 aliphatic carbocycles. The summed E-state index contributed by atoms with van der Waals surface area (Å²) in [4.78, 5) is 19.9. The van der Waals surface area contributed by atoms with E-state index in [4.69, 9.17) is 9.72 Å². The number of aromatic amines is 1. The van der Waals surface area contributed by atoms with E-state index in [2.05, 4.69) is 41.4 Å². The van der Waals surface area contributed by atoms with Gasteiger partial charge >= 0.3 is 0 Å². The molecule has 1 N–H and O–H groups in total. The molecule has 0 bridgehead atoms. The summed E-state index contributed by atoms with van der Waals surface area (Å²) in [6.07, 6.45) is 0.831. The van der Waals surface area contributed by atoms with Crippen LogP contribution in [0.15, 0.2) is 29.1 Å². The van der Waals surface area contributed by atoms with Gasteiger partial charge in [-0.2, -0.15) is 0 Å². The topological polar surface area (TPSA) is 55.0 Å². The number of hydrogen-bond acceptors (Lipinski definition) is 3. The van der Waals surface area contributed by atoms with Crippen molar-refractivity contribution in [2.45, 2.75) is 32.1 Å². The number of hydrogen-bond donors (Lipinski definition) is 1. The maximum Gasteiger partial charge on any atom is 0.264 e. The number of nitrogens with one attached hydrogen (secondary N) is 1. The maximum absolute atomic E-state index is 12.2. The third-order valence-electron chi connectivity index (χ3n) is 3.74. The van der Waals surface area contributed by atoms with E-state index in [1.807, 2.05) is 24.3 Å². The first-order valence-electron chi connectivity index (χ1n) is 7.09. The van der Waals surface area contributed by atoms with Crippen LogP contribution >= 0.6 is 22.6 Å². The van der Waals surface area contributed by atoms with Crippen LogP contribution in [-0.2, 0) is 0 Å². The van der Waals surface area contributed by atoms with E-state index >= 15 is 0 Å². The third kappa shape index (κ3) is 2.71. The van der Waals surface area contributed by atoms with Gasteiger partial charge in [0.1, 0.15) is 11.6 Å². The summed E-state index contributed by atoms with van der Waals surface area (Å²) in [7, 11) is 0. The lowest BCUT2D eigenvalue weighted by molar-refractivity contribution is 0.274. The first kappa shape index (κ1) is 14.6. The second-order valence-electron chi connectivity index (χ2n) is 5.53. The van der Waals surface area contributed by atoms with E-state index in [0.717, 1.165) is 29.3 Å². The highest BCUT2D eigenvalue weighted by atomic mass is 127. The Bertz CT molecular complexity index is 724. The smallest absolute Gasteiger partial charge is 0.264 e. The molecular formula is C16H17IN2O2. The molecule has 110 valence electrons. The largest absolute Gasteiger partial charge is 0.493 e. The molecule has 5 heteroatoms. The van der Waals surface area contributed by atoms with Crippen molar-refractivity contribution >= 4 is 22.6 Å². The molecule has 1 aromatic heterocycles. The summed E-state index contributed by atoms with van der Waals surface area (Å²) in [5.74, 6) is 1.96. The average molecular weight is 396 g/mol. The molecule has 21 heavy (non-hydrogen) atoms. The zero-order valence-electron chi connectivity index (χ0n) is 12.0. The van der Waals surface area contributed by atoms with Gasteiger partial charge in [-0.3, -0.25) is 4.79 Å². The number of fused-ring (bicyclic) bond motifs is 1. The Morgan fingerprint density at radius 1 is 1.38 bits per heavy atom. The zero-order chi connectivity index (χ0) is 15.0. The van der Waals surface area contributed by atoms with Crippen molar-refractivity contribution in [3.05, 3.63) is 55.3 Å². The normalized spacial score (nSPS) is 17.4. The molecule has 0 radical (unpaired) electrons. The number of para-hydroxylation sites is 1. The van der Waals surface area contributed by atoms with Gasteiger partial charge in [-0.1, -0.05) is 32.0 Å². The highest BCUT2D eigenvalue weighted by molar-refractivity contribution is 14.1. The van der Waals surface area contributed by atoms with Crippen molar-refractivity contribution in [2.75, 3.05) is 6.61 Å². The molecule has 0 saturated carbocycles. The number of aromatic nitrogens is 2. The summed E-state index contributed by atoms with van der Waals surface area (Å²) >= 11 is 2.08. The van der Waals surface area contributed by atoms with Crippen molar-refractivity contribution in [3.63, 3.8) is 0 Å². The number of nitrogens with zero attached hydrogens (tertiary/aromatic N) is 1. The van der Waals surface area contributed by atoms with Crippen molar-refractivity contribution < 1.29 is 4.74 Å². The maximum atomic E-state index is 12.2. The standard InChI is InChI=1S/C16H17IN2O2/c1-9(2)14-13(17)16(20)19-15(18-14)11-7-8-21-12-6-4-3-5-10(11)12/h3-6,9,11H,7-8H2,1-2H3,(H,18,19,20). The van der Waals surface area contributed by atoms with Crippen LogP contribution in [0.5, 0.6) is 5.75 Å². The minimum absolute atomic E-state index is 0.0479. The van der Waals surface area contributed by atoms with E-state index in [0.29, 0.717) is 10.2 Å². The SMILES string of the molecule is CC(C)c1nc(C2CCOc3ccccc32)[nH]c(=O)c1I. The monoisotopic (exact) mass is 396 g/mol. The second kappa shape index (κ2) is 5.79. The molecule has 0 spiro atoms. The fourth-order valence-corrected chi connectivity index (χ4v) is 3.55. The van der Waals surface area contributed by atoms with Crippen LogP contribution in [-0.4, -0.2) is 16.6 Å². The van der Waals surface area contributed by atoms with Crippen molar-refractivity contribution in [1.82, 2.24) is 9.97 Å². The van der Waals surface area contributed by atoms with Gasteiger partial charge in [0.05, 0.1) is 15.9 Å². The molecule has 0 amide bonds. The number of ether oxygens (including phenoxy) is 1. The number of benzene rings is 1. The Balaban J connectivity index is 2.12. The van der Waals surface area contributed by atoms with Gasteiger partial charge in [0.2, 0.25) is 0 Å². The van der Waals surface area contributed by atoms with Gasteiger partial charge in [0.25, 0.3) is 5.56 Å². The van der Waals surface area contributed by atoms with Crippen molar-refractivity contribution in [1.29, 1.82) is 0 Å². The van der Waals surface area contributed by atoms with Crippen LogP contribution in [0.25, 0.3) is 0 Å². The Labute approximate surface area is 137 Å². The molecule has 2 aromatic rings. The minimum Gasteiger partial charge on any atom is -0.493 e. The fourth-order valence-electron chi connectivity index (χ4n) is 2.67. The first-order valence-corrected chi connectivity index (χ1v) is 8.17. The fraction of sp³-hybridized carbons (Fsp3) is 0.375. The van der Waals surface area contributed by atoms with E-state index in [1.54, 1.807) is 0 Å². The lowest BCUT2D eigenvalue weighted by Crippen LogP contribution is -2.24. The van der Waals surface area contributed by atoms with Gasteiger partial charge in [-0.25, -0.2) is 4.98 Å². The Morgan fingerprint density at radius 3 is 2.90 bits per heavy atom. The quantitative estimate of drug-likeness (QED) is 0.792. The van der Waals surface area contributed by atoms with Crippen molar-refractivity contribution in [2.24, 2.45) is 0 Å². The third-order valence-corrected chi connectivity index (χ3v) is 4.78. The highest BCUT2D eigenvalue weighted by Gasteiger charge is 2.26. The second-order valence-corrected chi connectivity index (χ2v) is 6.61. The van der Waals surface area contributed by atoms with E-state index in [-0.39, 0.29) is 17.4 Å². The van der Waals surface area contributed by atoms with Gasteiger partial charge in [-0.15, -0.1) is 0 Å². The van der Waals surface area contributed by atoms with Crippen LogP contribution in [0.1, 0.15) is 49.2 Å². The molecule has 1 aliphatic rings. The van der Waals surface area contributed by atoms with E-state index in [9.17, 15) is 4.79 Å². The molecular weight excluding hydrogens is 379 g/mol. The Morgan fingerprint density at radius 2 is 2.14 bits per heavy atom. The predicted octanol–water partition coefficient (Wildman–Crippen LogP) is 3.41. The average Bonchev–Trinajstić information content (AvgIpc) is 2.49. The van der Waals surface area contributed by atoms with Crippen molar-refractivity contribution in [3.8, 4) is 5.75 Å². The lowest BCUT2D eigenvalue weighted by Gasteiger charge is -2.25. The molecule has 0 saturated heterocycles. The van der Waals surface area contributed by atoms with Crippen LogP contribution < -0.4 is 10.3 Å². The molecule has 1 unspecified atom stereocenters. The summed E-state index contributed by atoms with van der Waals surface area (Å²) in [6.45, 7) is 4.77. The molecule has 2 heterocycles. The zero-order valence-corrected chi connectivity index (χ0v) is 14.2. The Kier molecular flexibility index (Phi) is 4.01. The number of rotatable bonds is 2.